The third-order valence-corrected chi connectivity index (χ3v) is 3.53. The predicted octanol–water partition coefficient (Wildman–Crippen LogP) is 2.92. The maximum Gasteiger partial charge on any atom is 0.259 e. The zero-order chi connectivity index (χ0) is 17.5. The van der Waals surface area contributed by atoms with Crippen LogP contribution in [0.5, 0.6) is 11.5 Å². The number of benzene rings is 2. The molecule has 2 rings (SSSR count). The van der Waals surface area contributed by atoms with Crippen molar-refractivity contribution in [3.63, 3.8) is 0 Å². The van der Waals surface area contributed by atoms with Crippen molar-refractivity contribution in [2.24, 2.45) is 0 Å². The molecule has 0 saturated carbocycles. The highest BCUT2D eigenvalue weighted by atomic mass is 79.9. The van der Waals surface area contributed by atoms with E-state index in [2.05, 4.69) is 26.6 Å². The molecule has 24 heavy (non-hydrogen) atoms. The van der Waals surface area contributed by atoms with Crippen molar-refractivity contribution in [3.05, 3.63) is 52.5 Å². The highest BCUT2D eigenvalue weighted by molar-refractivity contribution is 9.10. The van der Waals surface area contributed by atoms with Crippen molar-refractivity contribution < 1.29 is 19.4 Å². The van der Waals surface area contributed by atoms with Gasteiger partial charge in [0.2, 0.25) is 0 Å². The van der Waals surface area contributed by atoms with Crippen molar-refractivity contribution >= 4 is 33.4 Å². The monoisotopic (exact) mass is 392 g/mol. The van der Waals surface area contributed by atoms with Gasteiger partial charge in [-0.1, -0.05) is 22.0 Å². The fourth-order valence-corrected chi connectivity index (χ4v) is 2.30. The van der Waals surface area contributed by atoms with Gasteiger partial charge in [-0.25, -0.2) is 0 Å². The van der Waals surface area contributed by atoms with Crippen LogP contribution in [0.25, 0.3) is 0 Å². The standard InChI is InChI=1S/C17H17BrN2O4/c1-2-19-16(22)10-24-13-5-3-4-12(9-13)20-17(23)14-7-6-11(18)8-15(14)21/h3-9,21H,2,10H2,1H3,(H,19,22)(H,20,23). The highest BCUT2D eigenvalue weighted by Crippen LogP contribution is 2.24. The molecule has 6 nitrogen and oxygen atoms in total. The van der Waals surface area contributed by atoms with E-state index in [4.69, 9.17) is 4.74 Å². The van der Waals surface area contributed by atoms with E-state index < -0.39 is 5.91 Å². The Labute approximate surface area is 148 Å². The molecule has 0 aliphatic carbocycles. The summed E-state index contributed by atoms with van der Waals surface area (Å²) < 4.78 is 6.05. The lowest BCUT2D eigenvalue weighted by Gasteiger charge is -2.10. The van der Waals surface area contributed by atoms with Crippen LogP contribution < -0.4 is 15.4 Å². The Kier molecular flexibility index (Phi) is 6.20. The van der Waals surface area contributed by atoms with Gasteiger partial charge in [0.15, 0.2) is 6.61 Å². The van der Waals surface area contributed by atoms with Crippen molar-refractivity contribution in [2.75, 3.05) is 18.5 Å². The molecule has 0 aliphatic heterocycles. The number of carbonyl (C=O) groups is 2. The Hall–Kier alpha value is -2.54. The Morgan fingerprint density at radius 3 is 2.71 bits per heavy atom. The number of carbonyl (C=O) groups excluding carboxylic acids is 2. The molecule has 0 heterocycles. The molecular weight excluding hydrogens is 376 g/mol. The molecule has 2 aromatic carbocycles. The summed E-state index contributed by atoms with van der Waals surface area (Å²) in [6.45, 7) is 2.26. The molecule has 126 valence electrons. The number of rotatable bonds is 6. The second kappa shape index (κ2) is 8.35. The molecule has 0 atom stereocenters. The average molecular weight is 393 g/mol. The normalized spacial score (nSPS) is 10.1. The van der Waals surface area contributed by atoms with E-state index in [1.165, 1.54) is 12.1 Å². The third kappa shape index (κ3) is 4.99. The van der Waals surface area contributed by atoms with E-state index in [1.54, 1.807) is 30.3 Å². The van der Waals surface area contributed by atoms with Crippen LogP contribution >= 0.6 is 15.9 Å². The average Bonchev–Trinajstić information content (AvgIpc) is 2.53. The zero-order valence-electron chi connectivity index (χ0n) is 13.0. The predicted molar refractivity (Wildman–Crippen MR) is 94.4 cm³/mol. The third-order valence-electron chi connectivity index (χ3n) is 3.04. The van der Waals surface area contributed by atoms with Crippen LogP contribution in [-0.4, -0.2) is 30.1 Å². The van der Waals surface area contributed by atoms with Gasteiger partial charge in [0.1, 0.15) is 11.5 Å². The van der Waals surface area contributed by atoms with Gasteiger partial charge in [0.05, 0.1) is 5.56 Å². The molecule has 0 bridgehead atoms. The van der Waals surface area contributed by atoms with Crippen molar-refractivity contribution in [1.29, 1.82) is 0 Å². The molecule has 0 spiro atoms. The number of ether oxygens (including phenoxy) is 1. The first-order chi connectivity index (χ1) is 11.5. The van der Waals surface area contributed by atoms with Crippen LogP contribution in [0.4, 0.5) is 5.69 Å². The first-order valence-corrected chi connectivity index (χ1v) is 8.08. The maximum absolute atomic E-state index is 12.2. The lowest BCUT2D eigenvalue weighted by Crippen LogP contribution is -2.28. The van der Waals surface area contributed by atoms with E-state index in [-0.39, 0.29) is 23.8 Å². The van der Waals surface area contributed by atoms with E-state index in [0.29, 0.717) is 22.5 Å². The van der Waals surface area contributed by atoms with Crippen molar-refractivity contribution in [3.8, 4) is 11.5 Å². The van der Waals surface area contributed by atoms with Gasteiger partial charge in [-0.3, -0.25) is 9.59 Å². The first kappa shape index (κ1) is 17.8. The molecule has 0 radical (unpaired) electrons. The minimum atomic E-state index is -0.444. The number of aromatic hydroxyl groups is 1. The molecule has 0 aliphatic rings. The summed E-state index contributed by atoms with van der Waals surface area (Å²) in [5.74, 6) is -0.322. The summed E-state index contributed by atoms with van der Waals surface area (Å²) in [5.41, 5.74) is 0.655. The quantitative estimate of drug-likeness (QED) is 0.704. The van der Waals surface area contributed by atoms with Gasteiger partial charge in [-0.2, -0.15) is 0 Å². The van der Waals surface area contributed by atoms with Gasteiger partial charge in [-0.15, -0.1) is 0 Å². The number of phenolic OH excluding ortho intramolecular Hbond substituents is 1. The molecule has 7 heteroatoms. The van der Waals surface area contributed by atoms with Crippen LogP contribution in [0.2, 0.25) is 0 Å². The Balaban J connectivity index is 2.03. The van der Waals surface area contributed by atoms with Gasteiger partial charge in [0.25, 0.3) is 11.8 Å². The Morgan fingerprint density at radius 2 is 2.00 bits per heavy atom. The first-order valence-electron chi connectivity index (χ1n) is 7.29. The molecule has 0 aromatic heterocycles. The van der Waals surface area contributed by atoms with Gasteiger partial charge < -0.3 is 20.5 Å². The van der Waals surface area contributed by atoms with Gasteiger partial charge >= 0.3 is 0 Å². The summed E-state index contributed by atoms with van der Waals surface area (Å²) in [4.78, 5) is 23.6. The lowest BCUT2D eigenvalue weighted by molar-refractivity contribution is -0.122. The molecule has 2 aromatic rings. The van der Waals surface area contributed by atoms with Crippen LogP contribution in [0.3, 0.4) is 0 Å². The fraction of sp³-hybridized carbons (Fsp3) is 0.176. The minimum Gasteiger partial charge on any atom is -0.507 e. The molecule has 0 fully saturated rings. The second-order valence-electron chi connectivity index (χ2n) is 4.89. The largest absolute Gasteiger partial charge is 0.507 e. The van der Waals surface area contributed by atoms with Crippen LogP contribution in [0, 0.1) is 0 Å². The molecule has 0 saturated heterocycles. The molecular formula is C17H17BrN2O4. The molecule has 2 amide bonds. The smallest absolute Gasteiger partial charge is 0.259 e. The molecule has 0 unspecified atom stereocenters. The lowest BCUT2D eigenvalue weighted by atomic mass is 10.2. The van der Waals surface area contributed by atoms with E-state index in [1.807, 2.05) is 6.92 Å². The van der Waals surface area contributed by atoms with Crippen molar-refractivity contribution in [1.82, 2.24) is 5.32 Å². The maximum atomic E-state index is 12.2. The summed E-state index contributed by atoms with van der Waals surface area (Å²) in [6, 6.07) is 11.3. The number of nitrogens with one attached hydrogen (secondary N) is 2. The van der Waals surface area contributed by atoms with E-state index >= 15 is 0 Å². The summed E-state index contributed by atoms with van der Waals surface area (Å²) in [7, 11) is 0. The number of phenols is 1. The summed E-state index contributed by atoms with van der Waals surface area (Å²) in [6.07, 6.45) is 0. The summed E-state index contributed by atoms with van der Waals surface area (Å²) in [5, 5.41) is 15.1. The highest BCUT2D eigenvalue weighted by Gasteiger charge is 2.12. The van der Waals surface area contributed by atoms with Gasteiger partial charge in [0, 0.05) is 22.8 Å². The number of amides is 2. The minimum absolute atomic E-state index is 0.0985. The van der Waals surface area contributed by atoms with Crippen LogP contribution in [-0.2, 0) is 4.79 Å². The fourth-order valence-electron chi connectivity index (χ4n) is 1.96. The van der Waals surface area contributed by atoms with Crippen molar-refractivity contribution in [2.45, 2.75) is 6.92 Å². The zero-order valence-corrected chi connectivity index (χ0v) is 14.6. The number of anilines is 1. The number of hydrogen-bond acceptors (Lipinski definition) is 4. The molecule has 3 N–H and O–H groups in total. The summed E-state index contributed by atoms with van der Waals surface area (Å²) >= 11 is 3.22. The topological polar surface area (TPSA) is 87.7 Å². The SMILES string of the molecule is CCNC(=O)COc1cccc(NC(=O)c2ccc(Br)cc2O)c1. The van der Waals surface area contributed by atoms with Crippen LogP contribution in [0.15, 0.2) is 46.9 Å². The Bertz CT molecular complexity index is 749. The van der Waals surface area contributed by atoms with Gasteiger partial charge in [-0.05, 0) is 37.3 Å². The van der Waals surface area contributed by atoms with Crippen LogP contribution in [0.1, 0.15) is 17.3 Å². The van der Waals surface area contributed by atoms with E-state index in [9.17, 15) is 14.7 Å². The number of halogens is 1. The second-order valence-corrected chi connectivity index (χ2v) is 5.80. The number of likely N-dealkylation sites (N-methyl/N-ethyl adjacent to an activating group) is 1. The number of hydrogen-bond donors (Lipinski definition) is 3. The Morgan fingerprint density at radius 1 is 1.21 bits per heavy atom. The van der Waals surface area contributed by atoms with E-state index in [0.717, 1.165) is 0 Å².